The molecule has 0 spiro atoms. The quantitative estimate of drug-likeness (QED) is 0.909. The van der Waals surface area contributed by atoms with E-state index in [0.29, 0.717) is 0 Å². The molecule has 0 fully saturated rings. The molecule has 1 aromatic rings. The molecular weight excluding hydrogens is 276 g/mol. The SMILES string of the molecule is Cc1cc(Br)c2c(c1)CN(CC(C)(C)N)CC2. The molecule has 2 nitrogen and oxygen atoms in total. The maximum Gasteiger partial charge on any atom is 0.0237 e. The second-order valence-corrected chi connectivity index (χ2v) is 6.69. The molecule has 2 rings (SSSR count). The highest BCUT2D eigenvalue weighted by Crippen LogP contribution is 2.28. The van der Waals surface area contributed by atoms with Crippen LogP contribution in [0.25, 0.3) is 0 Å². The maximum absolute atomic E-state index is 6.10. The van der Waals surface area contributed by atoms with E-state index in [9.17, 15) is 0 Å². The number of hydrogen-bond donors (Lipinski definition) is 1. The predicted molar refractivity (Wildman–Crippen MR) is 76.1 cm³/mol. The van der Waals surface area contributed by atoms with Crippen LogP contribution in [0.15, 0.2) is 16.6 Å². The lowest BCUT2D eigenvalue weighted by atomic mass is 9.96. The fraction of sp³-hybridized carbons (Fsp3) is 0.571. The van der Waals surface area contributed by atoms with Crippen molar-refractivity contribution >= 4 is 15.9 Å². The zero-order valence-electron chi connectivity index (χ0n) is 10.9. The van der Waals surface area contributed by atoms with Gasteiger partial charge in [-0.05, 0) is 49.9 Å². The van der Waals surface area contributed by atoms with E-state index >= 15 is 0 Å². The fourth-order valence-corrected chi connectivity index (χ4v) is 3.38. The number of nitrogens with zero attached hydrogens (tertiary/aromatic N) is 1. The van der Waals surface area contributed by atoms with Crippen molar-refractivity contribution in [1.82, 2.24) is 4.90 Å². The molecule has 0 atom stereocenters. The van der Waals surface area contributed by atoms with Crippen molar-refractivity contribution in [2.24, 2.45) is 5.73 Å². The first-order valence-electron chi connectivity index (χ1n) is 6.14. The van der Waals surface area contributed by atoms with Crippen molar-refractivity contribution in [1.29, 1.82) is 0 Å². The maximum atomic E-state index is 6.10. The van der Waals surface area contributed by atoms with Crippen LogP contribution in [0.2, 0.25) is 0 Å². The van der Waals surface area contributed by atoms with Crippen LogP contribution in [0, 0.1) is 6.92 Å². The van der Waals surface area contributed by atoms with Crippen LogP contribution in [0.4, 0.5) is 0 Å². The Morgan fingerprint density at radius 3 is 2.76 bits per heavy atom. The van der Waals surface area contributed by atoms with Crippen LogP contribution in [0.5, 0.6) is 0 Å². The molecule has 0 unspecified atom stereocenters. The van der Waals surface area contributed by atoms with E-state index in [0.717, 1.165) is 26.1 Å². The van der Waals surface area contributed by atoms with E-state index in [1.807, 2.05) is 0 Å². The van der Waals surface area contributed by atoms with E-state index in [-0.39, 0.29) is 5.54 Å². The highest BCUT2D eigenvalue weighted by Gasteiger charge is 2.22. The molecule has 0 saturated heterocycles. The first-order chi connectivity index (χ1) is 7.85. The second-order valence-electron chi connectivity index (χ2n) is 5.83. The highest BCUT2D eigenvalue weighted by atomic mass is 79.9. The van der Waals surface area contributed by atoms with Gasteiger partial charge in [-0.1, -0.05) is 22.0 Å². The summed E-state index contributed by atoms with van der Waals surface area (Å²) >= 11 is 3.67. The molecule has 1 aliphatic rings. The van der Waals surface area contributed by atoms with Gasteiger partial charge < -0.3 is 5.73 Å². The number of hydrogen-bond acceptors (Lipinski definition) is 2. The van der Waals surface area contributed by atoms with Gasteiger partial charge in [-0.2, -0.15) is 0 Å². The number of nitrogens with two attached hydrogens (primary N) is 1. The lowest BCUT2D eigenvalue weighted by molar-refractivity contribution is 0.209. The summed E-state index contributed by atoms with van der Waals surface area (Å²) in [6, 6.07) is 4.51. The van der Waals surface area contributed by atoms with Gasteiger partial charge in [0.05, 0.1) is 0 Å². The zero-order valence-corrected chi connectivity index (χ0v) is 12.5. The summed E-state index contributed by atoms with van der Waals surface area (Å²) in [6.45, 7) is 9.42. The average Bonchev–Trinajstić information content (AvgIpc) is 2.13. The van der Waals surface area contributed by atoms with Gasteiger partial charge in [0, 0.05) is 29.6 Å². The van der Waals surface area contributed by atoms with Crippen molar-refractivity contribution in [3.8, 4) is 0 Å². The molecule has 17 heavy (non-hydrogen) atoms. The Labute approximate surface area is 112 Å². The first-order valence-corrected chi connectivity index (χ1v) is 6.93. The smallest absolute Gasteiger partial charge is 0.0237 e. The van der Waals surface area contributed by atoms with Gasteiger partial charge in [0.1, 0.15) is 0 Å². The zero-order chi connectivity index (χ0) is 12.6. The molecule has 0 bridgehead atoms. The topological polar surface area (TPSA) is 29.3 Å². The Morgan fingerprint density at radius 2 is 2.12 bits per heavy atom. The Kier molecular flexibility index (Phi) is 3.62. The molecular formula is C14H21BrN2. The van der Waals surface area contributed by atoms with E-state index in [4.69, 9.17) is 5.73 Å². The standard InChI is InChI=1S/C14H21BrN2/c1-10-6-11-8-17(9-14(2,3)16)5-4-12(11)13(15)7-10/h6-7H,4-5,8-9,16H2,1-3H3. The van der Waals surface area contributed by atoms with Gasteiger partial charge >= 0.3 is 0 Å². The highest BCUT2D eigenvalue weighted by molar-refractivity contribution is 9.10. The number of rotatable bonds is 2. The van der Waals surface area contributed by atoms with Gasteiger partial charge in [0.25, 0.3) is 0 Å². The van der Waals surface area contributed by atoms with E-state index in [1.165, 1.54) is 21.2 Å². The van der Waals surface area contributed by atoms with E-state index < -0.39 is 0 Å². The molecule has 2 N–H and O–H groups in total. The number of fused-ring (bicyclic) bond motifs is 1. The Hall–Kier alpha value is -0.380. The molecule has 94 valence electrons. The van der Waals surface area contributed by atoms with Crippen molar-refractivity contribution in [3.05, 3.63) is 33.3 Å². The van der Waals surface area contributed by atoms with Crippen LogP contribution >= 0.6 is 15.9 Å². The minimum atomic E-state index is -0.113. The number of halogens is 1. The summed E-state index contributed by atoms with van der Waals surface area (Å²) in [5.74, 6) is 0. The average molecular weight is 297 g/mol. The lowest BCUT2D eigenvalue weighted by Crippen LogP contribution is -2.46. The normalized spacial score (nSPS) is 17.0. The number of aryl methyl sites for hydroxylation is 1. The Balaban J connectivity index is 2.19. The van der Waals surface area contributed by atoms with Crippen molar-refractivity contribution in [2.45, 2.75) is 39.3 Å². The summed E-state index contributed by atoms with van der Waals surface area (Å²) in [6.07, 6.45) is 1.12. The molecule has 0 aliphatic carbocycles. The molecule has 0 saturated carbocycles. The molecule has 3 heteroatoms. The molecule has 1 heterocycles. The van der Waals surface area contributed by atoms with Crippen LogP contribution in [0.3, 0.4) is 0 Å². The Morgan fingerprint density at radius 1 is 1.41 bits per heavy atom. The summed E-state index contributed by atoms with van der Waals surface area (Å²) in [4.78, 5) is 2.45. The van der Waals surface area contributed by atoms with Crippen LogP contribution in [-0.4, -0.2) is 23.5 Å². The summed E-state index contributed by atoms with van der Waals surface area (Å²) in [5, 5.41) is 0. The van der Waals surface area contributed by atoms with Crippen molar-refractivity contribution < 1.29 is 0 Å². The molecule has 0 amide bonds. The largest absolute Gasteiger partial charge is 0.324 e. The van der Waals surface area contributed by atoms with Crippen LogP contribution < -0.4 is 5.73 Å². The lowest BCUT2D eigenvalue weighted by Gasteiger charge is -2.34. The minimum Gasteiger partial charge on any atom is -0.324 e. The van der Waals surface area contributed by atoms with E-state index in [1.54, 1.807) is 0 Å². The molecule has 0 aromatic heterocycles. The van der Waals surface area contributed by atoms with Crippen LogP contribution in [0.1, 0.15) is 30.5 Å². The Bertz CT molecular complexity index is 421. The van der Waals surface area contributed by atoms with Gasteiger partial charge in [-0.25, -0.2) is 0 Å². The summed E-state index contributed by atoms with van der Waals surface area (Å²) in [5.41, 5.74) is 10.2. The predicted octanol–water partition coefficient (Wildman–Crippen LogP) is 2.85. The summed E-state index contributed by atoms with van der Waals surface area (Å²) < 4.78 is 1.26. The monoisotopic (exact) mass is 296 g/mol. The molecule has 1 aromatic carbocycles. The van der Waals surface area contributed by atoms with Gasteiger partial charge in [0.15, 0.2) is 0 Å². The first kappa shape index (κ1) is 13.1. The third-order valence-electron chi connectivity index (χ3n) is 3.14. The minimum absolute atomic E-state index is 0.113. The number of benzene rings is 1. The fourth-order valence-electron chi connectivity index (χ4n) is 2.57. The van der Waals surface area contributed by atoms with Crippen LogP contribution in [-0.2, 0) is 13.0 Å². The molecule has 1 aliphatic heterocycles. The van der Waals surface area contributed by atoms with Crippen molar-refractivity contribution in [3.63, 3.8) is 0 Å². The molecule has 0 radical (unpaired) electrons. The van der Waals surface area contributed by atoms with Gasteiger partial charge in [-0.3, -0.25) is 4.90 Å². The van der Waals surface area contributed by atoms with Gasteiger partial charge in [0.2, 0.25) is 0 Å². The second kappa shape index (κ2) is 4.71. The third-order valence-corrected chi connectivity index (χ3v) is 3.84. The van der Waals surface area contributed by atoms with Gasteiger partial charge in [-0.15, -0.1) is 0 Å². The summed E-state index contributed by atoms with van der Waals surface area (Å²) in [7, 11) is 0. The van der Waals surface area contributed by atoms with E-state index in [2.05, 4.69) is 53.7 Å². The van der Waals surface area contributed by atoms with Crippen molar-refractivity contribution in [2.75, 3.05) is 13.1 Å². The third kappa shape index (κ3) is 3.30.